The molecule has 0 fully saturated rings. The lowest BCUT2D eigenvalue weighted by molar-refractivity contribution is -0.127. The van der Waals surface area contributed by atoms with Gasteiger partial charge in [-0.2, -0.15) is 0 Å². The molecule has 0 aliphatic heterocycles. The topological polar surface area (TPSA) is 86.3 Å². The minimum absolute atomic E-state index is 0.0612. The number of carbonyl (C=O) groups excluding carboxylic acids is 1. The van der Waals surface area contributed by atoms with Crippen LogP contribution in [0.3, 0.4) is 0 Å². The Bertz CT molecular complexity index is 728. The van der Waals surface area contributed by atoms with Crippen molar-refractivity contribution in [3.63, 3.8) is 0 Å². The molecule has 0 radical (unpaired) electrons. The van der Waals surface area contributed by atoms with Crippen LogP contribution in [0.4, 0.5) is 0 Å². The summed E-state index contributed by atoms with van der Waals surface area (Å²) in [6.45, 7) is 9.56. The Labute approximate surface area is 152 Å². The molecule has 1 aromatic carbocycles. The van der Waals surface area contributed by atoms with Crippen molar-refractivity contribution in [1.82, 2.24) is 19.8 Å². The summed E-state index contributed by atoms with van der Waals surface area (Å²) in [7, 11) is 0. The molecule has 1 heterocycles. The summed E-state index contributed by atoms with van der Waals surface area (Å²) >= 11 is 1.28. The number of nitrogen functional groups attached to an aromatic ring is 1. The monoisotopic (exact) mass is 363 g/mol. The first-order chi connectivity index (χ1) is 12.0. The molecule has 25 heavy (non-hydrogen) atoms. The zero-order valence-electron chi connectivity index (χ0n) is 15.2. The number of hydrogen-bond donors (Lipinski definition) is 1. The highest BCUT2D eigenvalue weighted by Gasteiger charge is 2.15. The van der Waals surface area contributed by atoms with E-state index in [9.17, 15) is 4.79 Å². The minimum atomic E-state index is 0.0612. The molecule has 136 valence electrons. The number of thioether (sulfide) groups is 1. The van der Waals surface area contributed by atoms with Crippen LogP contribution >= 0.6 is 11.8 Å². The SMILES string of the molecule is CCN(CC)C(=O)CSc1nnc(COc2ccc(C)cc2C)n1N. The normalized spacial score (nSPS) is 10.7. The summed E-state index contributed by atoms with van der Waals surface area (Å²) in [5.41, 5.74) is 2.24. The van der Waals surface area contributed by atoms with Gasteiger partial charge in [0.2, 0.25) is 11.1 Å². The Morgan fingerprint density at radius 1 is 1.28 bits per heavy atom. The van der Waals surface area contributed by atoms with E-state index in [1.54, 1.807) is 4.90 Å². The van der Waals surface area contributed by atoms with Crippen LogP contribution in [0.1, 0.15) is 30.8 Å². The maximum absolute atomic E-state index is 12.1. The molecule has 2 rings (SSSR count). The Kier molecular flexibility index (Phi) is 6.69. The van der Waals surface area contributed by atoms with Crippen molar-refractivity contribution in [2.45, 2.75) is 39.5 Å². The number of hydrogen-bond acceptors (Lipinski definition) is 6. The Morgan fingerprint density at radius 3 is 2.64 bits per heavy atom. The van der Waals surface area contributed by atoms with Crippen LogP contribution in [0.5, 0.6) is 5.75 Å². The van der Waals surface area contributed by atoms with Crippen molar-refractivity contribution in [1.29, 1.82) is 0 Å². The average molecular weight is 363 g/mol. The van der Waals surface area contributed by atoms with E-state index in [1.165, 1.54) is 22.0 Å². The molecular weight excluding hydrogens is 338 g/mol. The number of ether oxygens (including phenoxy) is 1. The first kappa shape index (κ1) is 19.1. The Morgan fingerprint density at radius 2 is 2.00 bits per heavy atom. The van der Waals surface area contributed by atoms with Crippen molar-refractivity contribution in [3.05, 3.63) is 35.2 Å². The smallest absolute Gasteiger partial charge is 0.233 e. The van der Waals surface area contributed by atoms with Crippen molar-refractivity contribution < 1.29 is 9.53 Å². The predicted molar refractivity (Wildman–Crippen MR) is 99.1 cm³/mol. The largest absolute Gasteiger partial charge is 0.485 e. The quantitative estimate of drug-likeness (QED) is 0.571. The molecule has 1 amide bonds. The van der Waals surface area contributed by atoms with E-state index in [-0.39, 0.29) is 18.3 Å². The number of benzene rings is 1. The highest BCUT2D eigenvalue weighted by atomic mass is 32.2. The van der Waals surface area contributed by atoms with E-state index in [2.05, 4.69) is 16.3 Å². The van der Waals surface area contributed by atoms with Crippen molar-refractivity contribution in [2.24, 2.45) is 0 Å². The van der Waals surface area contributed by atoms with Gasteiger partial charge < -0.3 is 15.5 Å². The molecular formula is C17H25N5O2S. The van der Waals surface area contributed by atoms with Gasteiger partial charge in [-0.3, -0.25) is 4.79 Å². The van der Waals surface area contributed by atoms with Gasteiger partial charge in [-0.1, -0.05) is 29.5 Å². The van der Waals surface area contributed by atoms with Gasteiger partial charge in [-0.25, -0.2) is 4.68 Å². The van der Waals surface area contributed by atoms with Gasteiger partial charge in [0.1, 0.15) is 12.4 Å². The first-order valence-corrected chi connectivity index (χ1v) is 9.24. The zero-order valence-corrected chi connectivity index (χ0v) is 16.0. The second-order valence-electron chi connectivity index (χ2n) is 5.68. The molecule has 8 heteroatoms. The van der Waals surface area contributed by atoms with E-state index in [1.807, 2.05) is 39.8 Å². The lowest BCUT2D eigenvalue weighted by Crippen LogP contribution is -2.32. The number of nitrogens with zero attached hydrogens (tertiary/aromatic N) is 4. The molecule has 0 aliphatic rings. The third-order valence-electron chi connectivity index (χ3n) is 3.86. The highest BCUT2D eigenvalue weighted by Crippen LogP contribution is 2.20. The molecule has 1 aromatic heterocycles. The van der Waals surface area contributed by atoms with Gasteiger partial charge in [0, 0.05) is 13.1 Å². The lowest BCUT2D eigenvalue weighted by atomic mass is 10.1. The van der Waals surface area contributed by atoms with E-state index in [4.69, 9.17) is 10.6 Å². The molecule has 0 aliphatic carbocycles. The van der Waals surface area contributed by atoms with Crippen LogP contribution in [0, 0.1) is 13.8 Å². The second kappa shape index (κ2) is 8.75. The molecule has 0 spiro atoms. The summed E-state index contributed by atoms with van der Waals surface area (Å²) in [6, 6.07) is 5.98. The molecule has 0 saturated heterocycles. The standard InChI is InChI=1S/C17H25N5O2S/c1-5-21(6-2)16(23)11-25-17-20-19-15(22(17)18)10-24-14-8-7-12(3)9-13(14)4/h7-9H,5-6,10-11,18H2,1-4H3. The summed E-state index contributed by atoms with van der Waals surface area (Å²) in [4.78, 5) is 13.8. The van der Waals surface area contributed by atoms with Crippen LogP contribution in [-0.4, -0.2) is 44.5 Å². The van der Waals surface area contributed by atoms with Gasteiger partial charge in [0.05, 0.1) is 5.75 Å². The predicted octanol–water partition coefficient (Wildman–Crippen LogP) is 2.15. The van der Waals surface area contributed by atoms with Gasteiger partial charge in [-0.15, -0.1) is 10.2 Å². The van der Waals surface area contributed by atoms with Gasteiger partial charge in [-0.05, 0) is 39.3 Å². The molecule has 2 N–H and O–H groups in total. The number of rotatable bonds is 8. The Balaban J connectivity index is 1.95. The van der Waals surface area contributed by atoms with E-state index in [0.29, 0.717) is 24.1 Å². The molecule has 0 unspecified atom stereocenters. The molecule has 2 aromatic rings. The summed E-state index contributed by atoms with van der Waals surface area (Å²) in [5, 5.41) is 8.61. The fraction of sp³-hybridized carbons (Fsp3) is 0.471. The average Bonchev–Trinajstić information content (AvgIpc) is 2.93. The third-order valence-corrected chi connectivity index (χ3v) is 4.79. The number of amides is 1. The van der Waals surface area contributed by atoms with E-state index >= 15 is 0 Å². The molecule has 0 atom stereocenters. The van der Waals surface area contributed by atoms with Gasteiger partial charge >= 0.3 is 0 Å². The number of carbonyl (C=O) groups is 1. The molecule has 0 bridgehead atoms. The van der Waals surface area contributed by atoms with Crippen LogP contribution < -0.4 is 10.6 Å². The maximum Gasteiger partial charge on any atom is 0.233 e. The highest BCUT2D eigenvalue weighted by molar-refractivity contribution is 7.99. The summed E-state index contributed by atoms with van der Waals surface area (Å²) in [5.74, 6) is 7.67. The number of nitrogens with two attached hydrogens (primary N) is 1. The first-order valence-electron chi connectivity index (χ1n) is 8.26. The van der Waals surface area contributed by atoms with Gasteiger partial charge in [0.15, 0.2) is 5.82 Å². The maximum atomic E-state index is 12.1. The summed E-state index contributed by atoms with van der Waals surface area (Å²) in [6.07, 6.45) is 0. The van der Waals surface area contributed by atoms with Crippen LogP contribution in [0.2, 0.25) is 0 Å². The Hall–Kier alpha value is -2.22. The van der Waals surface area contributed by atoms with Crippen molar-refractivity contribution in [2.75, 3.05) is 24.7 Å². The summed E-state index contributed by atoms with van der Waals surface area (Å²) < 4.78 is 7.16. The number of aromatic nitrogens is 3. The fourth-order valence-corrected chi connectivity index (χ4v) is 3.18. The molecule has 7 nitrogen and oxygen atoms in total. The third kappa shape index (κ3) is 4.88. The van der Waals surface area contributed by atoms with Crippen LogP contribution in [-0.2, 0) is 11.4 Å². The fourth-order valence-electron chi connectivity index (χ4n) is 2.40. The van der Waals surface area contributed by atoms with Crippen molar-refractivity contribution in [3.8, 4) is 5.75 Å². The lowest BCUT2D eigenvalue weighted by Gasteiger charge is -2.17. The van der Waals surface area contributed by atoms with E-state index < -0.39 is 0 Å². The van der Waals surface area contributed by atoms with Gasteiger partial charge in [0.25, 0.3) is 0 Å². The van der Waals surface area contributed by atoms with Crippen LogP contribution in [0.15, 0.2) is 23.4 Å². The number of aryl methyl sites for hydroxylation is 2. The van der Waals surface area contributed by atoms with Crippen molar-refractivity contribution >= 4 is 17.7 Å². The molecule has 0 saturated carbocycles. The zero-order chi connectivity index (χ0) is 18.4. The van der Waals surface area contributed by atoms with E-state index in [0.717, 1.165) is 11.3 Å². The minimum Gasteiger partial charge on any atom is -0.485 e. The second-order valence-corrected chi connectivity index (χ2v) is 6.62. The van der Waals surface area contributed by atoms with Crippen LogP contribution in [0.25, 0.3) is 0 Å².